The molecule has 116 valence electrons. The first-order valence-electron chi connectivity index (χ1n) is 7.67. The number of aromatic nitrogens is 1. The van der Waals surface area contributed by atoms with Gasteiger partial charge in [0.25, 0.3) is 0 Å². The number of carbonyl (C=O) groups excluding carboxylic acids is 1. The largest absolute Gasteiger partial charge is 0.361 e. The van der Waals surface area contributed by atoms with Crippen LogP contribution in [0.5, 0.6) is 0 Å². The molecule has 0 fully saturated rings. The first-order valence-corrected chi connectivity index (χ1v) is 7.67. The first kappa shape index (κ1) is 15.0. The van der Waals surface area contributed by atoms with E-state index in [1.807, 2.05) is 28.8 Å². The van der Waals surface area contributed by atoms with Gasteiger partial charge < -0.3 is 10.3 Å². The third kappa shape index (κ3) is 3.48. The van der Waals surface area contributed by atoms with Gasteiger partial charge in [-0.2, -0.15) is 0 Å². The van der Waals surface area contributed by atoms with Gasteiger partial charge in [0.1, 0.15) is 6.72 Å². The smallest absolute Gasteiger partial charge is 0.207 e. The van der Waals surface area contributed by atoms with Crippen LogP contribution in [0, 0.1) is 0 Å². The molecular weight excluding hydrogens is 286 g/mol. The molecule has 0 aliphatic rings. The molecule has 0 atom stereocenters. The molecule has 1 heterocycles. The number of nitrogens with one attached hydrogen (secondary N) is 2. The van der Waals surface area contributed by atoms with Crippen LogP contribution >= 0.6 is 0 Å². The Balaban J connectivity index is 1.74. The molecule has 0 aliphatic carbocycles. The van der Waals surface area contributed by atoms with Crippen molar-refractivity contribution in [2.45, 2.75) is 13.0 Å². The monoisotopic (exact) mass is 306 g/mol. The normalized spacial score (nSPS) is 10.6. The van der Waals surface area contributed by atoms with Crippen LogP contribution in [0.3, 0.4) is 0 Å². The van der Waals surface area contributed by atoms with E-state index in [-0.39, 0.29) is 0 Å². The number of hydrogen-bond donors (Lipinski definition) is 2. The molecule has 0 saturated carbocycles. The molecule has 0 radical (unpaired) electrons. The second kappa shape index (κ2) is 6.92. The number of nitrogens with zero attached hydrogens (tertiary/aromatic N) is 1. The Morgan fingerprint density at radius 2 is 2.00 bits per heavy atom. The first-order chi connectivity index (χ1) is 11.3. The third-order valence-corrected chi connectivity index (χ3v) is 3.99. The SMILES string of the molecule is C=[N+](CCc1c[nH]c2ccc(CNC=O)cc12)c1ccccc1. The molecule has 23 heavy (non-hydrogen) atoms. The maximum atomic E-state index is 10.4. The number of fused-ring (bicyclic) bond motifs is 1. The van der Waals surface area contributed by atoms with Crippen molar-refractivity contribution in [3.05, 3.63) is 65.9 Å². The summed E-state index contributed by atoms with van der Waals surface area (Å²) >= 11 is 0. The van der Waals surface area contributed by atoms with Crippen molar-refractivity contribution >= 4 is 29.7 Å². The van der Waals surface area contributed by atoms with Crippen LogP contribution in [0.2, 0.25) is 0 Å². The predicted octanol–water partition coefficient (Wildman–Crippen LogP) is 3.00. The molecule has 1 amide bonds. The van der Waals surface area contributed by atoms with Gasteiger partial charge in [0.2, 0.25) is 12.1 Å². The summed E-state index contributed by atoms with van der Waals surface area (Å²) < 4.78 is 2.01. The van der Waals surface area contributed by atoms with E-state index in [0.717, 1.165) is 36.1 Å². The molecule has 0 spiro atoms. The molecule has 3 aromatic rings. The quantitative estimate of drug-likeness (QED) is 0.393. The van der Waals surface area contributed by atoms with Crippen LogP contribution in [-0.4, -0.2) is 29.2 Å². The lowest BCUT2D eigenvalue weighted by Crippen LogP contribution is -2.09. The lowest BCUT2D eigenvalue weighted by Gasteiger charge is -2.03. The minimum atomic E-state index is 0.551. The van der Waals surface area contributed by atoms with Crippen molar-refractivity contribution in [2.75, 3.05) is 6.54 Å². The van der Waals surface area contributed by atoms with Gasteiger partial charge in [0.05, 0.1) is 0 Å². The molecule has 1 aromatic heterocycles. The summed E-state index contributed by atoms with van der Waals surface area (Å²) in [6.07, 6.45) is 3.69. The Labute approximate surface area is 135 Å². The van der Waals surface area contributed by atoms with Gasteiger partial charge in [0.15, 0.2) is 6.54 Å². The highest BCUT2D eigenvalue weighted by molar-refractivity contribution is 5.84. The standard InChI is InChI=1S/C19H19N3O/c1-22(17-5-3-2-4-6-17)10-9-16-13-21-19-8-7-15(11-18(16)19)12-20-14-23/h2-8,11,13-14,21H,1,9-10,12H2/p+1. The Hall–Kier alpha value is -2.88. The predicted molar refractivity (Wildman–Crippen MR) is 93.3 cm³/mol. The maximum absolute atomic E-state index is 10.4. The Kier molecular flexibility index (Phi) is 4.52. The zero-order valence-corrected chi connectivity index (χ0v) is 13.0. The summed E-state index contributed by atoms with van der Waals surface area (Å²) in [4.78, 5) is 13.7. The molecule has 0 aliphatic heterocycles. The molecule has 4 heteroatoms. The number of amides is 1. The van der Waals surface area contributed by atoms with E-state index in [9.17, 15) is 4.79 Å². The van der Waals surface area contributed by atoms with E-state index >= 15 is 0 Å². The van der Waals surface area contributed by atoms with Crippen molar-refractivity contribution in [2.24, 2.45) is 0 Å². The van der Waals surface area contributed by atoms with Gasteiger partial charge in [-0.15, -0.1) is 0 Å². The van der Waals surface area contributed by atoms with Crippen LogP contribution in [0.25, 0.3) is 10.9 Å². The number of rotatable bonds is 7. The Bertz CT molecular complexity index is 821. The van der Waals surface area contributed by atoms with Crippen molar-refractivity contribution < 1.29 is 9.37 Å². The zero-order chi connectivity index (χ0) is 16.1. The topological polar surface area (TPSA) is 47.9 Å². The maximum Gasteiger partial charge on any atom is 0.207 e. The number of benzene rings is 2. The van der Waals surface area contributed by atoms with Crippen molar-refractivity contribution in [1.82, 2.24) is 10.3 Å². The van der Waals surface area contributed by atoms with E-state index in [4.69, 9.17) is 0 Å². The summed E-state index contributed by atoms with van der Waals surface area (Å²) in [5.41, 5.74) is 4.59. The van der Waals surface area contributed by atoms with Gasteiger partial charge in [0, 0.05) is 42.2 Å². The number of hydrogen-bond acceptors (Lipinski definition) is 1. The summed E-state index contributed by atoms with van der Waals surface area (Å²) in [5.74, 6) is 0. The highest BCUT2D eigenvalue weighted by atomic mass is 16.1. The second-order valence-electron chi connectivity index (χ2n) is 5.54. The molecule has 2 aromatic carbocycles. The van der Waals surface area contributed by atoms with Crippen LogP contribution in [0.1, 0.15) is 11.1 Å². The number of para-hydroxylation sites is 1. The number of carbonyl (C=O) groups is 1. The second-order valence-corrected chi connectivity index (χ2v) is 5.54. The van der Waals surface area contributed by atoms with E-state index in [1.165, 1.54) is 10.9 Å². The van der Waals surface area contributed by atoms with Gasteiger partial charge in [-0.25, -0.2) is 4.58 Å². The fourth-order valence-corrected chi connectivity index (χ4v) is 2.73. The molecule has 4 nitrogen and oxygen atoms in total. The molecule has 3 rings (SSSR count). The lowest BCUT2D eigenvalue weighted by molar-refractivity contribution is -0.430. The van der Waals surface area contributed by atoms with Gasteiger partial charge in [-0.3, -0.25) is 4.79 Å². The summed E-state index contributed by atoms with van der Waals surface area (Å²) in [5, 5.41) is 3.91. The molecule has 2 N–H and O–H groups in total. The average molecular weight is 306 g/mol. The molecular formula is C19H20N3O+. The zero-order valence-electron chi connectivity index (χ0n) is 13.0. The Morgan fingerprint density at radius 1 is 1.17 bits per heavy atom. The van der Waals surface area contributed by atoms with Crippen LogP contribution < -0.4 is 5.32 Å². The van der Waals surface area contributed by atoms with E-state index in [1.54, 1.807) is 0 Å². The Morgan fingerprint density at radius 3 is 2.78 bits per heavy atom. The summed E-state index contributed by atoms with van der Waals surface area (Å²) in [7, 11) is 0. The van der Waals surface area contributed by atoms with Crippen molar-refractivity contribution in [3.8, 4) is 0 Å². The summed E-state index contributed by atoms with van der Waals surface area (Å²) in [6.45, 7) is 5.51. The highest BCUT2D eigenvalue weighted by Crippen LogP contribution is 2.21. The van der Waals surface area contributed by atoms with E-state index in [2.05, 4.69) is 47.5 Å². The number of H-pyrrole nitrogens is 1. The fraction of sp³-hybridized carbons (Fsp3) is 0.158. The van der Waals surface area contributed by atoms with E-state index < -0.39 is 0 Å². The van der Waals surface area contributed by atoms with Crippen LogP contribution in [0.15, 0.2) is 54.7 Å². The van der Waals surface area contributed by atoms with Crippen LogP contribution in [-0.2, 0) is 17.8 Å². The molecule has 0 bridgehead atoms. The number of aromatic amines is 1. The van der Waals surface area contributed by atoms with Gasteiger partial charge in [-0.05, 0) is 23.3 Å². The fourth-order valence-electron chi connectivity index (χ4n) is 2.73. The minimum Gasteiger partial charge on any atom is -0.361 e. The minimum absolute atomic E-state index is 0.551. The lowest BCUT2D eigenvalue weighted by atomic mass is 10.1. The van der Waals surface area contributed by atoms with E-state index in [0.29, 0.717) is 6.54 Å². The van der Waals surface area contributed by atoms with Crippen LogP contribution in [0.4, 0.5) is 5.69 Å². The van der Waals surface area contributed by atoms with Gasteiger partial charge in [-0.1, -0.05) is 24.3 Å². The van der Waals surface area contributed by atoms with Crippen molar-refractivity contribution in [3.63, 3.8) is 0 Å². The third-order valence-electron chi connectivity index (χ3n) is 3.99. The summed E-state index contributed by atoms with van der Waals surface area (Å²) in [6, 6.07) is 16.4. The van der Waals surface area contributed by atoms with Crippen molar-refractivity contribution in [1.29, 1.82) is 0 Å². The highest BCUT2D eigenvalue weighted by Gasteiger charge is 2.09. The molecule has 0 saturated heterocycles. The molecule has 0 unspecified atom stereocenters. The average Bonchev–Trinajstić information content (AvgIpc) is 3.01. The van der Waals surface area contributed by atoms with Gasteiger partial charge >= 0.3 is 0 Å².